The van der Waals surface area contributed by atoms with Gasteiger partial charge in [-0.05, 0) is 48.5 Å². The topological polar surface area (TPSA) is 98.1 Å². The Morgan fingerprint density at radius 3 is 2.67 bits per heavy atom. The summed E-state index contributed by atoms with van der Waals surface area (Å²) in [5, 5.41) is 10.0. The second-order valence-electron chi connectivity index (χ2n) is 6.26. The number of furan rings is 1. The van der Waals surface area contributed by atoms with Crippen LogP contribution >= 0.6 is 11.8 Å². The molecule has 4 aromatic rings. The maximum Gasteiger partial charge on any atom is 0.373 e. The van der Waals surface area contributed by atoms with Crippen molar-refractivity contribution in [2.45, 2.75) is 10.9 Å². The SMILES string of the molecule is COC(=O)c1ccc(CSc2nc3ccccc3c(=O)n2-c2ccc(C#N)cc2)o1. The van der Waals surface area contributed by atoms with Gasteiger partial charge in [0.15, 0.2) is 5.16 Å². The van der Waals surface area contributed by atoms with Crippen molar-refractivity contribution in [3.05, 3.63) is 88.1 Å². The number of ether oxygens (including phenoxy) is 1. The van der Waals surface area contributed by atoms with Crippen LogP contribution in [0.4, 0.5) is 0 Å². The van der Waals surface area contributed by atoms with Gasteiger partial charge in [-0.15, -0.1) is 0 Å². The molecular formula is C22H15N3O4S. The molecule has 8 heteroatoms. The van der Waals surface area contributed by atoms with Crippen molar-refractivity contribution in [3.63, 3.8) is 0 Å². The highest BCUT2D eigenvalue weighted by Crippen LogP contribution is 2.25. The van der Waals surface area contributed by atoms with Crippen LogP contribution in [-0.4, -0.2) is 22.6 Å². The molecule has 0 saturated heterocycles. The summed E-state index contributed by atoms with van der Waals surface area (Å²) < 4.78 is 11.7. The lowest BCUT2D eigenvalue weighted by Crippen LogP contribution is -2.21. The summed E-state index contributed by atoms with van der Waals surface area (Å²) >= 11 is 1.31. The van der Waals surface area contributed by atoms with Gasteiger partial charge >= 0.3 is 5.97 Å². The Labute approximate surface area is 175 Å². The van der Waals surface area contributed by atoms with Gasteiger partial charge in [-0.2, -0.15) is 5.26 Å². The number of esters is 1. The quantitative estimate of drug-likeness (QED) is 0.276. The van der Waals surface area contributed by atoms with Crippen LogP contribution in [-0.2, 0) is 10.5 Å². The van der Waals surface area contributed by atoms with Crippen molar-refractivity contribution in [2.24, 2.45) is 0 Å². The highest BCUT2D eigenvalue weighted by molar-refractivity contribution is 7.98. The van der Waals surface area contributed by atoms with Gasteiger partial charge < -0.3 is 9.15 Å². The van der Waals surface area contributed by atoms with E-state index in [-0.39, 0.29) is 11.3 Å². The molecular weight excluding hydrogens is 402 g/mol. The minimum atomic E-state index is -0.551. The van der Waals surface area contributed by atoms with Crippen molar-refractivity contribution in [3.8, 4) is 11.8 Å². The predicted octanol–water partition coefficient (Wildman–Crippen LogP) is 3.93. The highest BCUT2D eigenvalue weighted by Gasteiger charge is 2.16. The van der Waals surface area contributed by atoms with Gasteiger partial charge in [-0.3, -0.25) is 9.36 Å². The second kappa shape index (κ2) is 8.27. The molecule has 0 amide bonds. The molecule has 0 fully saturated rings. The molecule has 7 nitrogen and oxygen atoms in total. The number of carbonyl (C=O) groups is 1. The summed E-state index contributed by atoms with van der Waals surface area (Å²) in [5.41, 5.74) is 1.49. The van der Waals surface area contributed by atoms with Crippen molar-refractivity contribution >= 4 is 28.6 Å². The molecule has 2 heterocycles. The standard InChI is InChI=1S/C22H15N3O4S/c1-28-21(27)19-11-10-16(29-19)13-30-22-24-18-5-3-2-4-17(18)20(26)25(22)15-8-6-14(12-23)7-9-15/h2-11H,13H2,1H3. The molecule has 2 aromatic heterocycles. The molecule has 0 atom stereocenters. The summed E-state index contributed by atoms with van der Waals surface area (Å²) in [4.78, 5) is 29.4. The third kappa shape index (κ3) is 3.71. The van der Waals surface area contributed by atoms with E-state index in [1.165, 1.54) is 23.4 Å². The summed E-state index contributed by atoms with van der Waals surface area (Å²) in [7, 11) is 1.29. The van der Waals surface area contributed by atoms with Crippen LogP contribution in [0.15, 0.2) is 75.0 Å². The lowest BCUT2D eigenvalue weighted by molar-refractivity contribution is 0.0563. The molecule has 30 heavy (non-hydrogen) atoms. The van der Waals surface area contributed by atoms with Crippen molar-refractivity contribution in [2.75, 3.05) is 7.11 Å². The first-order chi connectivity index (χ1) is 14.6. The van der Waals surface area contributed by atoms with Gasteiger partial charge in [0.1, 0.15) is 5.76 Å². The number of carbonyl (C=O) groups excluding carboxylic acids is 1. The summed E-state index contributed by atoms with van der Waals surface area (Å²) in [6.45, 7) is 0. The largest absolute Gasteiger partial charge is 0.463 e. The Morgan fingerprint density at radius 1 is 1.17 bits per heavy atom. The fourth-order valence-corrected chi connectivity index (χ4v) is 3.83. The van der Waals surface area contributed by atoms with Crippen LogP contribution in [0.5, 0.6) is 0 Å². The third-order valence-electron chi connectivity index (χ3n) is 4.39. The number of nitrogens with zero attached hydrogens (tertiary/aromatic N) is 3. The molecule has 0 N–H and O–H groups in total. The minimum absolute atomic E-state index is 0.115. The average Bonchev–Trinajstić information content (AvgIpc) is 3.26. The van der Waals surface area contributed by atoms with E-state index < -0.39 is 5.97 Å². The zero-order valence-corrected chi connectivity index (χ0v) is 16.7. The number of fused-ring (bicyclic) bond motifs is 1. The smallest absolute Gasteiger partial charge is 0.373 e. The Hall–Kier alpha value is -3.83. The Kier molecular flexibility index (Phi) is 5.37. The van der Waals surface area contributed by atoms with Crippen LogP contribution < -0.4 is 5.56 Å². The molecule has 0 unspecified atom stereocenters. The average molecular weight is 417 g/mol. The minimum Gasteiger partial charge on any atom is -0.463 e. The molecule has 0 aliphatic rings. The van der Waals surface area contributed by atoms with Gasteiger partial charge in [0, 0.05) is 0 Å². The van der Waals surface area contributed by atoms with Crippen molar-refractivity contribution in [1.29, 1.82) is 5.26 Å². The van der Waals surface area contributed by atoms with Gasteiger partial charge in [0.2, 0.25) is 5.76 Å². The fraction of sp³-hybridized carbons (Fsp3) is 0.0909. The van der Waals surface area contributed by atoms with E-state index in [1.54, 1.807) is 54.6 Å². The number of rotatable bonds is 5. The lowest BCUT2D eigenvalue weighted by atomic mass is 10.2. The van der Waals surface area contributed by atoms with E-state index in [2.05, 4.69) is 15.8 Å². The number of hydrogen-bond donors (Lipinski definition) is 0. The zero-order valence-electron chi connectivity index (χ0n) is 15.9. The van der Waals surface area contributed by atoms with E-state index in [1.807, 2.05) is 6.07 Å². The molecule has 4 rings (SSSR count). The number of methoxy groups -OCH3 is 1. The van der Waals surface area contributed by atoms with Gasteiger partial charge in [-0.1, -0.05) is 23.9 Å². The molecule has 0 spiro atoms. The van der Waals surface area contributed by atoms with Gasteiger partial charge in [-0.25, -0.2) is 9.78 Å². The number of benzene rings is 2. The molecule has 0 saturated carbocycles. The van der Waals surface area contributed by atoms with E-state index >= 15 is 0 Å². The Morgan fingerprint density at radius 2 is 1.93 bits per heavy atom. The summed E-state index contributed by atoms with van der Waals surface area (Å²) in [5.74, 6) is 0.473. The Balaban J connectivity index is 1.75. The summed E-state index contributed by atoms with van der Waals surface area (Å²) in [6, 6.07) is 19.2. The first-order valence-corrected chi connectivity index (χ1v) is 9.91. The van der Waals surface area contributed by atoms with Gasteiger partial charge in [0.05, 0.1) is 41.1 Å². The molecule has 0 radical (unpaired) electrons. The number of para-hydroxylation sites is 1. The predicted molar refractivity (Wildman–Crippen MR) is 112 cm³/mol. The Bertz CT molecular complexity index is 1330. The van der Waals surface area contributed by atoms with Gasteiger partial charge in [0.25, 0.3) is 5.56 Å². The number of aromatic nitrogens is 2. The van der Waals surface area contributed by atoms with Crippen molar-refractivity contribution < 1.29 is 13.9 Å². The van der Waals surface area contributed by atoms with Crippen LogP contribution in [0.3, 0.4) is 0 Å². The van der Waals surface area contributed by atoms with Crippen LogP contribution in [0, 0.1) is 11.3 Å². The van der Waals surface area contributed by atoms with E-state index in [0.717, 1.165) is 0 Å². The fourth-order valence-electron chi connectivity index (χ4n) is 2.92. The summed E-state index contributed by atoms with van der Waals surface area (Å²) in [6.07, 6.45) is 0. The first-order valence-electron chi connectivity index (χ1n) is 8.93. The molecule has 148 valence electrons. The highest BCUT2D eigenvalue weighted by atomic mass is 32.2. The second-order valence-corrected chi connectivity index (χ2v) is 7.20. The number of hydrogen-bond acceptors (Lipinski definition) is 7. The third-order valence-corrected chi connectivity index (χ3v) is 5.35. The monoisotopic (exact) mass is 417 g/mol. The molecule has 0 bridgehead atoms. The molecule has 2 aromatic carbocycles. The van der Waals surface area contributed by atoms with E-state index in [9.17, 15) is 9.59 Å². The maximum atomic E-state index is 13.2. The van der Waals surface area contributed by atoms with Crippen LogP contribution in [0.25, 0.3) is 16.6 Å². The molecule has 0 aliphatic carbocycles. The number of thioether (sulfide) groups is 1. The van der Waals surface area contributed by atoms with E-state index in [0.29, 0.717) is 38.8 Å². The molecule has 0 aliphatic heterocycles. The van der Waals surface area contributed by atoms with Crippen LogP contribution in [0.2, 0.25) is 0 Å². The maximum absolute atomic E-state index is 13.2. The van der Waals surface area contributed by atoms with Crippen LogP contribution in [0.1, 0.15) is 21.9 Å². The normalized spacial score (nSPS) is 10.7. The van der Waals surface area contributed by atoms with E-state index in [4.69, 9.17) is 9.68 Å². The van der Waals surface area contributed by atoms with Crippen molar-refractivity contribution in [1.82, 2.24) is 9.55 Å². The first kappa shape index (κ1) is 19.5. The zero-order chi connectivity index (χ0) is 21.1. The number of nitriles is 1. The lowest BCUT2D eigenvalue weighted by Gasteiger charge is -2.13.